The first-order valence-electron chi connectivity index (χ1n) is 6.00. The molecule has 0 saturated carbocycles. The molecule has 1 aromatic carbocycles. The minimum atomic E-state index is -0.0270. The molecule has 1 aromatic rings. The Morgan fingerprint density at radius 2 is 2.26 bits per heavy atom. The molecule has 19 heavy (non-hydrogen) atoms. The summed E-state index contributed by atoms with van der Waals surface area (Å²) in [5, 5.41) is 9.21. The smallest absolute Gasteiger partial charge is 0.228 e. The van der Waals surface area contributed by atoms with E-state index in [4.69, 9.17) is 0 Å². The number of carbonyl (C=O) groups is 2. The maximum Gasteiger partial charge on any atom is 0.228 e. The van der Waals surface area contributed by atoms with Crippen LogP contribution in [0, 0.1) is 18.3 Å². The minimum Gasteiger partial charge on any atom is -0.310 e. The van der Waals surface area contributed by atoms with E-state index in [2.05, 4.69) is 6.07 Å². The molecule has 0 radical (unpaired) electrons. The largest absolute Gasteiger partial charge is 0.310 e. The normalized spacial score (nSPS) is 18.5. The van der Waals surface area contributed by atoms with Gasteiger partial charge in [-0.05, 0) is 18.6 Å². The highest BCUT2D eigenvalue weighted by atomic mass is 32.2. The van der Waals surface area contributed by atoms with E-state index in [9.17, 15) is 14.9 Å². The van der Waals surface area contributed by atoms with Gasteiger partial charge >= 0.3 is 0 Å². The van der Waals surface area contributed by atoms with Gasteiger partial charge in [-0.2, -0.15) is 5.26 Å². The summed E-state index contributed by atoms with van der Waals surface area (Å²) in [5.74, 6) is -0.0270. The molecule has 0 N–H and O–H groups in total. The lowest BCUT2D eigenvalue weighted by Gasteiger charge is -2.18. The molecule has 0 bridgehead atoms. The van der Waals surface area contributed by atoms with Crippen LogP contribution in [0.25, 0.3) is 0 Å². The van der Waals surface area contributed by atoms with Crippen LogP contribution in [-0.4, -0.2) is 22.8 Å². The molecule has 1 heterocycles. The minimum absolute atomic E-state index is 0.0166. The highest BCUT2D eigenvalue weighted by Crippen LogP contribution is 2.31. The van der Waals surface area contributed by atoms with Crippen molar-refractivity contribution in [1.82, 2.24) is 0 Å². The van der Waals surface area contributed by atoms with E-state index in [1.165, 1.54) is 18.7 Å². The third kappa shape index (κ3) is 2.79. The van der Waals surface area contributed by atoms with Gasteiger partial charge in [-0.3, -0.25) is 9.59 Å². The van der Waals surface area contributed by atoms with Crippen LogP contribution in [0.5, 0.6) is 0 Å². The second kappa shape index (κ2) is 5.45. The Morgan fingerprint density at radius 1 is 1.53 bits per heavy atom. The number of anilines is 1. The maximum atomic E-state index is 12.0. The van der Waals surface area contributed by atoms with Crippen molar-refractivity contribution in [2.75, 3.05) is 11.4 Å². The van der Waals surface area contributed by atoms with Gasteiger partial charge in [0.25, 0.3) is 0 Å². The number of thioether (sulfide) groups is 1. The van der Waals surface area contributed by atoms with Gasteiger partial charge in [0.05, 0.1) is 11.3 Å². The molecule has 1 atom stereocenters. The Labute approximate surface area is 116 Å². The Kier molecular flexibility index (Phi) is 3.91. The van der Waals surface area contributed by atoms with Gasteiger partial charge in [0.2, 0.25) is 5.91 Å². The number of nitriles is 1. The van der Waals surface area contributed by atoms with E-state index in [0.29, 0.717) is 24.2 Å². The van der Waals surface area contributed by atoms with E-state index in [1.54, 1.807) is 11.0 Å². The molecular weight excluding hydrogens is 260 g/mol. The Bertz CT molecular complexity index is 577. The van der Waals surface area contributed by atoms with Crippen molar-refractivity contribution in [2.45, 2.75) is 25.5 Å². The molecule has 1 aliphatic heterocycles. The molecule has 0 spiro atoms. The summed E-state index contributed by atoms with van der Waals surface area (Å²) in [7, 11) is 0. The van der Waals surface area contributed by atoms with E-state index in [-0.39, 0.29) is 16.3 Å². The summed E-state index contributed by atoms with van der Waals surface area (Å²) in [6.07, 6.45) is 0.350. The Morgan fingerprint density at radius 3 is 2.89 bits per heavy atom. The summed E-state index contributed by atoms with van der Waals surface area (Å²) in [4.78, 5) is 24.8. The molecule has 1 aliphatic rings. The predicted molar refractivity (Wildman–Crippen MR) is 74.9 cm³/mol. The van der Waals surface area contributed by atoms with Crippen LogP contribution in [0.3, 0.4) is 0 Å². The average molecular weight is 274 g/mol. The fraction of sp³-hybridized carbons (Fsp3) is 0.357. The van der Waals surface area contributed by atoms with Crippen LogP contribution in [0.1, 0.15) is 24.5 Å². The number of aryl methyl sites for hydroxylation is 1. The fourth-order valence-electron chi connectivity index (χ4n) is 2.24. The fourth-order valence-corrected chi connectivity index (χ4v) is 3.16. The summed E-state index contributed by atoms with van der Waals surface area (Å²) in [5.41, 5.74) is 2.04. The van der Waals surface area contributed by atoms with Crippen molar-refractivity contribution in [3.8, 4) is 6.07 Å². The zero-order valence-corrected chi connectivity index (χ0v) is 11.7. The van der Waals surface area contributed by atoms with Gasteiger partial charge in [-0.25, -0.2) is 0 Å². The molecular formula is C14H14N2O2S. The number of amides is 1. The molecule has 0 aromatic heterocycles. The number of rotatable bonds is 2. The highest BCUT2D eigenvalue weighted by Gasteiger charge is 2.33. The van der Waals surface area contributed by atoms with E-state index in [1.807, 2.05) is 19.1 Å². The molecule has 0 aliphatic carbocycles. The lowest BCUT2D eigenvalue weighted by Crippen LogP contribution is -2.26. The lowest BCUT2D eigenvalue weighted by molar-refractivity contribution is -0.117. The third-order valence-electron chi connectivity index (χ3n) is 3.08. The van der Waals surface area contributed by atoms with Crippen molar-refractivity contribution in [3.05, 3.63) is 29.3 Å². The van der Waals surface area contributed by atoms with Gasteiger partial charge in [0, 0.05) is 25.1 Å². The summed E-state index contributed by atoms with van der Waals surface area (Å²) in [6, 6.07) is 7.62. The maximum absolute atomic E-state index is 12.0. The summed E-state index contributed by atoms with van der Waals surface area (Å²) < 4.78 is 0. The Balaban J connectivity index is 2.29. The Hall–Kier alpha value is -1.80. The SMILES string of the molecule is CC(=O)SC1CC(=O)N(c2cccc(C)c2C#N)C1. The molecule has 5 heteroatoms. The number of nitrogens with zero attached hydrogens (tertiary/aromatic N) is 2. The molecule has 1 fully saturated rings. The number of carbonyl (C=O) groups excluding carboxylic acids is 2. The number of hydrogen-bond acceptors (Lipinski definition) is 4. The topological polar surface area (TPSA) is 61.2 Å². The molecule has 98 valence electrons. The van der Waals surface area contributed by atoms with Crippen LogP contribution in [-0.2, 0) is 9.59 Å². The van der Waals surface area contributed by atoms with E-state index in [0.717, 1.165) is 5.56 Å². The van der Waals surface area contributed by atoms with Crippen LogP contribution in [0.2, 0.25) is 0 Å². The standard InChI is InChI=1S/C14H14N2O2S/c1-9-4-3-5-13(12(9)7-15)16-8-11(6-14(16)18)19-10(2)17/h3-5,11H,6,8H2,1-2H3. The molecule has 2 rings (SSSR count). The van der Waals surface area contributed by atoms with Crippen LogP contribution >= 0.6 is 11.8 Å². The van der Waals surface area contributed by atoms with Crippen molar-refractivity contribution >= 4 is 28.5 Å². The monoisotopic (exact) mass is 274 g/mol. The molecule has 1 unspecified atom stereocenters. The van der Waals surface area contributed by atoms with E-state index >= 15 is 0 Å². The van der Waals surface area contributed by atoms with Crippen LogP contribution in [0.15, 0.2) is 18.2 Å². The summed E-state index contributed by atoms with van der Waals surface area (Å²) >= 11 is 1.20. The van der Waals surface area contributed by atoms with Crippen LogP contribution < -0.4 is 4.90 Å². The predicted octanol–water partition coefficient (Wildman–Crippen LogP) is 2.25. The average Bonchev–Trinajstić information content (AvgIpc) is 2.68. The van der Waals surface area contributed by atoms with E-state index < -0.39 is 0 Å². The molecule has 1 saturated heterocycles. The first-order valence-corrected chi connectivity index (χ1v) is 6.88. The van der Waals surface area contributed by atoms with Crippen molar-refractivity contribution in [3.63, 3.8) is 0 Å². The highest BCUT2D eigenvalue weighted by molar-refractivity contribution is 8.14. The van der Waals surface area contributed by atoms with Gasteiger partial charge in [0.15, 0.2) is 5.12 Å². The second-order valence-electron chi connectivity index (χ2n) is 4.52. The first kappa shape index (κ1) is 13.6. The van der Waals surface area contributed by atoms with Crippen LogP contribution in [0.4, 0.5) is 5.69 Å². The van der Waals surface area contributed by atoms with Gasteiger partial charge in [-0.15, -0.1) is 0 Å². The zero-order valence-electron chi connectivity index (χ0n) is 10.8. The molecule has 4 nitrogen and oxygen atoms in total. The molecule has 1 amide bonds. The lowest BCUT2D eigenvalue weighted by atomic mass is 10.1. The number of benzene rings is 1. The first-order chi connectivity index (χ1) is 9.02. The van der Waals surface area contributed by atoms with Gasteiger partial charge in [0.1, 0.15) is 6.07 Å². The number of hydrogen-bond donors (Lipinski definition) is 0. The quantitative estimate of drug-likeness (QED) is 0.830. The second-order valence-corrected chi connectivity index (χ2v) is 6.00. The third-order valence-corrected chi connectivity index (χ3v) is 4.06. The van der Waals surface area contributed by atoms with Gasteiger partial charge in [-0.1, -0.05) is 23.9 Å². The van der Waals surface area contributed by atoms with Crippen molar-refractivity contribution in [1.29, 1.82) is 5.26 Å². The van der Waals surface area contributed by atoms with Crippen molar-refractivity contribution in [2.24, 2.45) is 0 Å². The van der Waals surface area contributed by atoms with Crippen molar-refractivity contribution < 1.29 is 9.59 Å². The van der Waals surface area contributed by atoms with Gasteiger partial charge < -0.3 is 4.90 Å². The zero-order chi connectivity index (χ0) is 14.0. The summed E-state index contributed by atoms with van der Waals surface area (Å²) in [6.45, 7) is 3.84.